The molecule has 0 saturated carbocycles. The molecule has 0 radical (unpaired) electrons. The third-order valence-corrected chi connectivity index (χ3v) is 3.66. The molecule has 0 saturated heterocycles. The molecule has 0 unspecified atom stereocenters. The van der Waals surface area contributed by atoms with Crippen LogP contribution in [0.15, 0.2) is 0 Å². The third kappa shape index (κ3) is 11.0. The lowest BCUT2D eigenvalue weighted by Crippen LogP contribution is -1.92. The normalized spacial score (nSPS) is 10.4. The van der Waals surface area contributed by atoms with E-state index in [9.17, 15) is 0 Å². The van der Waals surface area contributed by atoms with E-state index in [0.29, 0.717) is 6.61 Å². The van der Waals surface area contributed by atoms with Crippen molar-refractivity contribution in [3.63, 3.8) is 0 Å². The molecule has 4 heteroatoms. The first-order valence-electron chi connectivity index (χ1n) is 3.79. The molecule has 1 N–H and O–H groups in total. The molecule has 0 heterocycles. The van der Waals surface area contributed by atoms with Crippen molar-refractivity contribution in [2.75, 3.05) is 35.4 Å². The van der Waals surface area contributed by atoms with Crippen molar-refractivity contribution in [1.82, 2.24) is 0 Å². The van der Waals surface area contributed by atoms with Crippen LogP contribution in [-0.4, -0.2) is 40.5 Å². The summed E-state index contributed by atoms with van der Waals surface area (Å²) in [7, 11) is 0. The van der Waals surface area contributed by atoms with Gasteiger partial charge in [0.2, 0.25) is 0 Å². The van der Waals surface area contributed by atoms with Crippen LogP contribution in [0.2, 0.25) is 0 Å². The molecule has 0 aromatic rings. The van der Waals surface area contributed by atoms with Gasteiger partial charge in [-0.1, -0.05) is 0 Å². The Kier molecular flexibility index (Phi) is 12.0. The van der Waals surface area contributed by atoms with Crippen molar-refractivity contribution in [3.05, 3.63) is 0 Å². The fourth-order valence-corrected chi connectivity index (χ4v) is 2.75. The molecule has 0 aliphatic rings. The average molecular weight is 212 g/mol. The minimum Gasteiger partial charge on any atom is -0.396 e. The first-order chi connectivity index (χ1) is 5.41. The summed E-state index contributed by atoms with van der Waals surface area (Å²) in [5.41, 5.74) is 0. The molecule has 0 atom stereocenters. The van der Waals surface area contributed by atoms with E-state index in [0.717, 1.165) is 17.3 Å². The lowest BCUT2D eigenvalue weighted by molar-refractivity contribution is 0.322. The van der Waals surface area contributed by atoms with Gasteiger partial charge in [-0.2, -0.15) is 36.2 Å². The summed E-state index contributed by atoms with van der Waals surface area (Å²) in [5.74, 6) is 5.48. The number of hydrogen-bond acceptors (Lipinski definition) is 4. The predicted molar refractivity (Wildman–Crippen MR) is 60.2 cm³/mol. The standard InChI is InChI=1S/C7H16OS3/c8-2-5-11-7-6-10-4-1-3-9/h8-9H,1-7H2. The highest BCUT2D eigenvalue weighted by Crippen LogP contribution is 2.07. The van der Waals surface area contributed by atoms with Crippen molar-refractivity contribution >= 4 is 36.2 Å². The quantitative estimate of drug-likeness (QED) is 0.473. The Morgan fingerprint density at radius 1 is 1.00 bits per heavy atom. The Hall–Kier alpha value is 1.01. The van der Waals surface area contributed by atoms with Gasteiger partial charge in [0, 0.05) is 17.3 Å². The third-order valence-electron chi connectivity index (χ3n) is 1.05. The van der Waals surface area contributed by atoms with Gasteiger partial charge in [-0.05, 0) is 17.9 Å². The second kappa shape index (κ2) is 11.0. The zero-order valence-electron chi connectivity index (χ0n) is 6.66. The molecule has 0 rings (SSSR count). The van der Waals surface area contributed by atoms with Gasteiger partial charge >= 0.3 is 0 Å². The van der Waals surface area contributed by atoms with E-state index in [1.165, 1.54) is 17.9 Å². The minimum absolute atomic E-state index is 0.311. The van der Waals surface area contributed by atoms with Crippen LogP contribution in [-0.2, 0) is 0 Å². The molecule has 1 nitrogen and oxygen atoms in total. The molecule has 0 aromatic carbocycles. The molecule has 11 heavy (non-hydrogen) atoms. The molecular formula is C7H16OS3. The van der Waals surface area contributed by atoms with E-state index in [2.05, 4.69) is 12.6 Å². The van der Waals surface area contributed by atoms with Crippen LogP contribution < -0.4 is 0 Å². The largest absolute Gasteiger partial charge is 0.396 e. The minimum atomic E-state index is 0.311. The van der Waals surface area contributed by atoms with Gasteiger partial charge in [-0.15, -0.1) is 0 Å². The zero-order valence-corrected chi connectivity index (χ0v) is 9.19. The van der Waals surface area contributed by atoms with Gasteiger partial charge in [0.15, 0.2) is 0 Å². The van der Waals surface area contributed by atoms with Gasteiger partial charge in [-0.3, -0.25) is 0 Å². The maximum absolute atomic E-state index is 8.47. The van der Waals surface area contributed by atoms with Gasteiger partial charge < -0.3 is 5.11 Å². The SMILES string of the molecule is OCCSCCSCCCS. The fraction of sp³-hybridized carbons (Fsp3) is 1.00. The summed E-state index contributed by atoms with van der Waals surface area (Å²) in [6.07, 6.45) is 1.21. The van der Waals surface area contributed by atoms with E-state index in [1.54, 1.807) is 0 Å². The monoisotopic (exact) mass is 212 g/mol. The lowest BCUT2D eigenvalue weighted by Gasteiger charge is -1.98. The van der Waals surface area contributed by atoms with E-state index in [1.807, 2.05) is 23.5 Å². The first-order valence-corrected chi connectivity index (χ1v) is 6.73. The summed E-state index contributed by atoms with van der Waals surface area (Å²) >= 11 is 7.93. The summed E-state index contributed by atoms with van der Waals surface area (Å²) in [6.45, 7) is 0.311. The molecule has 0 aliphatic carbocycles. The van der Waals surface area contributed by atoms with Crippen molar-refractivity contribution in [2.45, 2.75) is 6.42 Å². The number of aliphatic hydroxyl groups is 1. The highest BCUT2D eigenvalue weighted by atomic mass is 32.2. The van der Waals surface area contributed by atoms with Gasteiger partial charge in [0.1, 0.15) is 0 Å². The second-order valence-corrected chi connectivity index (χ2v) is 4.92. The molecule has 68 valence electrons. The number of thioether (sulfide) groups is 2. The van der Waals surface area contributed by atoms with Crippen molar-refractivity contribution in [1.29, 1.82) is 0 Å². The van der Waals surface area contributed by atoms with Crippen molar-refractivity contribution < 1.29 is 5.11 Å². The van der Waals surface area contributed by atoms with Crippen molar-refractivity contribution in [2.24, 2.45) is 0 Å². The van der Waals surface area contributed by atoms with Gasteiger partial charge in [0.05, 0.1) is 6.61 Å². The second-order valence-electron chi connectivity index (χ2n) is 2.03. The van der Waals surface area contributed by atoms with E-state index in [4.69, 9.17) is 5.11 Å². The molecule has 0 fully saturated rings. The number of thiol groups is 1. The van der Waals surface area contributed by atoms with Crippen LogP contribution >= 0.6 is 36.2 Å². The Morgan fingerprint density at radius 3 is 2.18 bits per heavy atom. The Bertz CT molecular complexity index is 62.7. The summed E-state index contributed by atoms with van der Waals surface area (Å²) in [4.78, 5) is 0. The number of hydrogen-bond donors (Lipinski definition) is 2. The first kappa shape index (κ1) is 12.0. The lowest BCUT2D eigenvalue weighted by atomic mass is 10.6. The van der Waals surface area contributed by atoms with Crippen LogP contribution in [0.1, 0.15) is 6.42 Å². The molecule has 0 amide bonds. The van der Waals surface area contributed by atoms with Crippen LogP contribution in [0, 0.1) is 0 Å². The molecule has 0 spiro atoms. The smallest absolute Gasteiger partial charge is 0.0521 e. The number of aliphatic hydroxyl groups excluding tert-OH is 1. The maximum Gasteiger partial charge on any atom is 0.0521 e. The Labute approximate surface area is 83.1 Å². The Balaban J connectivity index is 2.69. The number of rotatable bonds is 8. The maximum atomic E-state index is 8.47. The molecule has 0 aliphatic heterocycles. The van der Waals surface area contributed by atoms with Crippen LogP contribution in [0.5, 0.6) is 0 Å². The van der Waals surface area contributed by atoms with E-state index in [-0.39, 0.29) is 0 Å². The predicted octanol–water partition coefficient (Wildman–Crippen LogP) is 1.77. The van der Waals surface area contributed by atoms with Gasteiger partial charge in [-0.25, -0.2) is 0 Å². The highest BCUT2D eigenvalue weighted by molar-refractivity contribution is 8.02. The van der Waals surface area contributed by atoms with Gasteiger partial charge in [0.25, 0.3) is 0 Å². The summed E-state index contributed by atoms with van der Waals surface area (Å²) < 4.78 is 0. The average Bonchev–Trinajstić information content (AvgIpc) is 2.03. The highest BCUT2D eigenvalue weighted by Gasteiger charge is 1.89. The van der Waals surface area contributed by atoms with Crippen LogP contribution in [0.4, 0.5) is 0 Å². The van der Waals surface area contributed by atoms with E-state index < -0.39 is 0 Å². The topological polar surface area (TPSA) is 20.2 Å². The zero-order chi connectivity index (χ0) is 8.36. The Morgan fingerprint density at radius 2 is 1.64 bits per heavy atom. The summed E-state index contributed by atoms with van der Waals surface area (Å²) in [5, 5.41) is 8.47. The fourth-order valence-electron chi connectivity index (χ4n) is 0.553. The molecule has 0 bridgehead atoms. The van der Waals surface area contributed by atoms with Crippen LogP contribution in [0.3, 0.4) is 0 Å². The molecular weight excluding hydrogens is 196 g/mol. The van der Waals surface area contributed by atoms with E-state index >= 15 is 0 Å². The summed E-state index contributed by atoms with van der Waals surface area (Å²) in [6, 6.07) is 0. The molecule has 0 aromatic heterocycles. The van der Waals surface area contributed by atoms with Crippen molar-refractivity contribution in [3.8, 4) is 0 Å². The van der Waals surface area contributed by atoms with Crippen LogP contribution in [0.25, 0.3) is 0 Å².